The van der Waals surface area contributed by atoms with Gasteiger partial charge in [-0.25, -0.2) is 0 Å². The standard InChI is InChI=1S/C14H21N3O3.ClH/c1-17(10-13(18)16-8-5-9-20-2)14(19)11-6-3-4-7-12(11)15;/h3-4,6-7H,5,8-10,15H2,1-2H3,(H,16,18);1H. The number of halogens is 1. The van der Waals surface area contributed by atoms with Gasteiger partial charge in [0, 0.05) is 33.0 Å². The van der Waals surface area contributed by atoms with E-state index < -0.39 is 0 Å². The minimum absolute atomic E-state index is 0. The van der Waals surface area contributed by atoms with Crippen LogP contribution in [0, 0.1) is 0 Å². The van der Waals surface area contributed by atoms with Gasteiger partial charge < -0.3 is 20.7 Å². The summed E-state index contributed by atoms with van der Waals surface area (Å²) in [5.74, 6) is -0.471. The summed E-state index contributed by atoms with van der Waals surface area (Å²) in [5, 5.41) is 2.73. The smallest absolute Gasteiger partial charge is 0.256 e. The van der Waals surface area contributed by atoms with Gasteiger partial charge in [0.25, 0.3) is 5.91 Å². The van der Waals surface area contributed by atoms with Gasteiger partial charge in [-0.3, -0.25) is 9.59 Å². The van der Waals surface area contributed by atoms with Gasteiger partial charge in [0.1, 0.15) is 0 Å². The van der Waals surface area contributed by atoms with Crippen molar-refractivity contribution < 1.29 is 14.3 Å². The van der Waals surface area contributed by atoms with Crippen molar-refractivity contribution in [1.82, 2.24) is 10.2 Å². The Morgan fingerprint density at radius 1 is 1.33 bits per heavy atom. The van der Waals surface area contributed by atoms with Crippen molar-refractivity contribution in [2.75, 3.05) is 39.6 Å². The number of rotatable bonds is 7. The summed E-state index contributed by atoms with van der Waals surface area (Å²) in [4.78, 5) is 25.1. The number of nitrogen functional groups attached to an aromatic ring is 1. The molecular weight excluding hydrogens is 294 g/mol. The number of carbonyl (C=O) groups excluding carboxylic acids is 2. The molecule has 0 spiro atoms. The van der Waals surface area contributed by atoms with E-state index in [4.69, 9.17) is 10.5 Å². The van der Waals surface area contributed by atoms with Crippen molar-refractivity contribution >= 4 is 29.9 Å². The molecule has 0 saturated heterocycles. The lowest BCUT2D eigenvalue weighted by atomic mass is 10.1. The second-order valence-electron chi connectivity index (χ2n) is 4.44. The number of anilines is 1. The van der Waals surface area contributed by atoms with Crippen LogP contribution >= 0.6 is 12.4 Å². The van der Waals surface area contributed by atoms with Crippen molar-refractivity contribution in [2.24, 2.45) is 0 Å². The molecule has 0 heterocycles. The number of amides is 2. The number of benzene rings is 1. The Morgan fingerprint density at radius 3 is 2.62 bits per heavy atom. The quantitative estimate of drug-likeness (QED) is 0.579. The zero-order chi connectivity index (χ0) is 15.0. The summed E-state index contributed by atoms with van der Waals surface area (Å²) in [6, 6.07) is 6.80. The van der Waals surface area contributed by atoms with E-state index in [1.807, 2.05) is 0 Å². The average Bonchev–Trinajstić information content (AvgIpc) is 2.43. The largest absolute Gasteiger partial charge is 0.398 e. The van der Waals surface area contributed by atoms with E-state index in [2.05, 4.69) is 5.32 Å². The van der Waals surface area contributed by atoms with Gasteiger partial charge in [0.15, 0.2) is 0 Å². The molecule has 3 N–H and O–H groups in total. The van der Waals surface area contributed by atoms with Crippen molar-refractivity contribution in [3.63, 3.8) is 0 Å². The number of hydrogen-bond acceptors (Lipinski definition) is 4. The average molecular weight is 316 g/mol. The second kappa shape index (κ2) is 10.0. The first-order valence-corrected chi connectivity index (χ1v) is 6.42. The van der Waals surface area contributed by atoms with Crippen LogP contribution in [-0.4, -0.2) is 50.6 Å². The molecule has 1 aromatic rings. The first-order valence-electron chi connectivity index (χ1n) is 6.42. The number of para-hydroxylation sites is 1. The minimum Gasteiger partial charge on any atom is -0.398 e. The van der Waals surface area contributed by atoms with Crippen LogP contribution in [0.25, 0.3) is 0 Å². The first-order chi connectivity index (χ1) is 9.56. The Bertz CT molecular complexity index is 469. The van der Waals surface area contributed by atoms with Crippen LogP contribution in [0.1, 0.15) is 16.8 Å². The third-order valence-corrected chi connectivity index (χ3v) is 2.77. The lowest BCUT2D eigenvalue weighted by molar-refractivity contribution is -0.121. The number of ether oxygens (including phenoxy) is 1. The molecule has 0 saturated carbocycles. The Labute approximate surface area is 131 Å². The molecule has 7 heteroatoms. The zero-order valence-corrected chi connectivity index (χ0v) is 13.1. The van der Waals surface area contributed by atoms with Gasteiger partial charge in [-0.15, -0.1) is 12.4 Å². The molecule has 0 fully saturated rings. The lowest BCUT2D eigenvalue weighted by Gasteiger charge is -2.17. The number of nitrogens with one attached hydrogen (secondary N) is 1. The monoisotopic (exact) mass is 315 g/mol. The molecule has 0 bridgehead atoms. The van der Waals surface area contributed by atoms with E-state index in [-0.39, 0.29) is 30.8 Å². The first kappa shape index (κ1) is 19.2. The molecule has 0 aliphatic carbocycles. The molecule has 0 aliphatic heterocycles. The lowest BCUT2D eigenvalue weighted by Crippen LogP contribution is -2.39. The van der Waals surface area contributed by atoms with Crippen LogP contribution in [0.4, 0.5) is 5.69 Å². The molecule has 0 unspecified atom stereocenters. The molecular formula is C14H22ClN3O3. The number of hydrogen-bond donors (Lipinski definition) is 2. The van der Waals surface area contributed by atoms with E-state index in [9.17, 15) is 9.59 Å². The minimum atomic E-state index is -0.268. The maximum atomic E-state index is 12.1. The highest BCUT2D eigenvalue weighted by Gasteiger charge is 2.16. The fourth-order valence-corrected chi connectivity index (χ4v) is 1.68. The van der Waals surface area contributed by atoms with Gasteiger partial charge in [0.05, 0.1) is 12.1 Å². The van der Waals surface area contributed by atoms with Crippen LogP contribution in [0.5, 0.6) is 0 Å². The molecule has 1 aromatic carbocycles. The van der Waals surface area contributed by atoms with E-state index in [0.29, 0.717) is 24.4 Å². The number of nitrogens with two attached hydrogens (primary N) is 1. The van der Waals surface area contributed by atoms with Crippen LogP contribution < -0.4 is 11.1 Å². The maximum Gasteiger partial charge on any atom is 0.256 e. The van der Waals surface area contributed by atoms with Crippen LogP contribution in [0.3, 0.4) is 0 Å². The van der Waals surface area contributed by atoms with Crippen LogP contribution in [0.2, 0.25) is 0 Å². The van der Waals surface area contributed by atoms with E-state index >= 15 is 0 Å². The Balaban J connectivity index is 0.00000400. The SMILES string of the molecule is COCCCNC(=O)CN(C)C(=O)c1ccccc1N.Cl. The highest BCUT2D eigenvalue weighted by molar-refractivity contribution is 6.00. The molecule has 6 nitrogen and oxygen atoms in total. The number of nitrogens with zero attached hydrogens (tertiary/aromatic N) is 1. The zero-order valence-electron chi connectivity index (χ0n) is 12.3. The van der Waals surface area contributed by atoms with Gasteiger partial charge in [-0.2, -0.15) is 0 Å². The second-order valence-corrected chi connectivity index (χ2v) is 4.44. The maximum absolute atomic E-state index is 12.1. The van der Waals surface area contributed by atoms with Gasteiger partial charge in [0.2, 0.25) is 5.91 Å². The molecule has 1 rings (SSSR count). The van der Waals surface area contributed by atoms with Crippen molar-refractivity contribution in [3.05, 3.63) is 29.8 Å². The molecule has 0 aromatic heterocycles. The fourth-order valence-electron chi connectivity index (χ4n) is 1.68. The predicted molar refractivity (Wildman–Crippen MR) is 84.6 cm³/mol. The Kier molecular flexibility index (Phi) is 9.16. The summed E-state index contributed by atoms with van der Waals surface area (Å²) in [6.45, 7) is 1.12. The third kappa shape index (κ3) is 6.46. The highest BCUT2D eigenvalue weighted by Crippen LogP contribution is 2.12. The third-order valence-electron chi connectivity index (χ3n) is 2.77. The van der Waals surface area contributed by atoms with Crippen LogP contribution in [-0.2, 0) is 9.53 Å². The predicted octanol–water partition coefficient (Wildman–Crippen LogP) is 0.915. The summed E-state index contributed by atoms with van der Waals surface area (Å²) in [6.07, 6.45) is 0.742. The topological polar surface area (TPSA) is 84.7 Å². The van der Waals surface area contributed by atoms with E-state index in [1.54, 1.807) is 38.4 Å². The Hall–Kier alpha value is -1.79. The van der Waals surface area contributed by atoms with Crippen molar-refractivity contribution in [3.8, 4) is 0 Å². The summed E-state index contributed by atoms with van der Waals surface area (Å²) in [7, 11) is 3.18. The van der Waals surface area contributed by atoms with Crippen molar-refractivity contribution in [1.29, 1.82) is 0 Å². The molecule has 118 valence electrons. The molecule has 21 heavy (non-hydrogen) atoms. The van der Waals surface area contributed by atoms with Crippen molar-refractivity contribution in [2.45, 2.75) is 6.42 Å². The van der Waals surface area contributed by atoms with Gasteiger partial charge in [-0.05, 0) is 18.6 Å². The van der Waals surface area contributed by atoms with Gasteiger partial charge >= 0.3 is 0 Å². The number of methoxy groups -OCH3 is 1. The fraction of sp³-hybridized carbons (Fsp3) is 0.429. The number of likely N-dealkylation sites (N-methyl/N-ethyl adjacent to an activating group) is 1. The summed E-state index contributed by atoms with van der Waals surface area (Å²) in [5.41, 5.74) is 6.55. The van der Waals surface area contributed by atoms with Crippen LogP contribution in [0.15, 0.2) is 24.3 Å². The van der Waals surface area contributed by atoms with E-state index in [0.717, 1.165) is 6.42 Å². The molecule has 2 amide bonds. The normalized spacial score (nSPS) is 9.62. The number of carbonyl (C=O) groups is 2. The Morgan fingerprint density at radius 2 is 2.00 bits per heavy atom. The molecule has 0 atom stereocenters. The summed E-state index contributed by atoms with van der Waals surface area (Å²) < 4.78 is 4.88. The molecule has 0 radical (unpaired) electrons. The highest BCUT2D eigenvalue weighted by atomic mass is 35.5. The van der Waals surface area contributed by atoms with E-state index in [1.165, 1.54) is 4.90 Å². The summed E-state index contributed by atoms with van der Waals surface area (Å²) >= 11 is 0. The van der Waals surface area contributed by atoms with Gasteiger partial charge in [-0.1, -0.05) is 12.1 Å². The molecule has 0 aliphatic rings.